The van der Waals surface area contributed by atoms with Gasteiger partial charge in [0.25, 0.3) is 0 Å². The molecule has 2 heteroatoms. The van der Waals surface area contributed by atoms with Crippen LogP contribution in [-0.2, 0) is 0 Å². The number of hydrogen-bond donors (Lipinski definition) is 1. The minimum atomic E-state index is 0.504. The molecule has 0 saturated heterocycles. The van der Waals surface area contributed by atoms with Crippen LogP contribution in [0.5, 0.6) is 5.75 Å². The molecule has 3 atom stereocenters. The zero-order valence-corrected chi connectivity index (χ0v) is 13.5. The Morgan fingerprint density at radius 3 is 2.73 bits per heavy atom. The van der Waals surface area contributed by atoms with Gasteiger partial charge in [0, 0.05) is 6.54 Å². The fraction of sp³-hybridized carbons (Fsp3) is 0.400. The monoisotopic (exact) mass is 295 g/mol. The van der Waals surface area contributed by atoms with Gasteiger partial charge in [0.1, 0.15) is 5.75 Å². The zero-order valence-electron chi connectivity index (χ0n) is 13.5. The van der Waals surface area contributed by atoms with E-state index in [2.05, 4.69) is 60.8 Å². The van der Waals surface area contributed by atoms with Crippen molar-refractivity contribution in [2.75, 3.05) is 20.2 Å². The van der Waals surface area contributed by atoms with Gasteiger partial charge in [-0.05, 0) is 54.0 Å². The van der Waals surface area contributed by atoms with Crippen LogP contribution in [0.1, 0.15) is 36.3 Å². The van der Waals surface area contributed by atoms with Gasteiger partial charge >= 0.3 is 0 Å². The normalized spacial score (nSPS) is 21.4. The molecule has 2 aromatic rings. The molecule has 2 nitrogen and oxygen atoms in total. The lowest BCUT2D eigenvalue weighted by molar-refractivity contribution is 0.413. The van der Waals surface area contributed by atoms with Gasteiger partial charge in [-0.2, -0.15) is 0 Å². The van der Waals surface area contributed by atoms with E-state index in [1.54, 1.807) is 7.11 Å². The van der Waals surface area contributed by atoms with Gasteiger partial charge in [0.2, 0.25) is 0 Å². The first kappa shape index (κ1) is 15.1. The van der Waals surface area contributed by atoms with Crippen molar-refractivity contribution in [3.8, 4) is 5.75 Å². The highest BCUT2D eigenvalue weighted by Crippen LogP contribution is 2.46. The predicted octanol–water partition coefficient (Wildman–Crippen LogP) is 4.19. The van der Waals surface area contributed by atoms with E-state index in [0.29, 0.717) is 5.92 Å². The SMILES string of the molecule is COc1cccc(C(C)CNCC2CC2c2ccccc2)c1. The van der Waals surface area contributed by atoms with E-state index >= 15 is 0 Å². The molecule has 1 fully saturated rings. The lowest BCUT2D eigenvalue weighted by Gasteiger charge is -2.14. The summed E-state index contributed by atoms with van der Waals surface area (Å²) in [6, 6.07) is 19.3. The quantitative estimate of drug-likeness (QED) is 0.827. The van der Waals surface area contributed by atoms with Gasteiger partial charge in [-0.15, -0.1) is 0 Å². The number of nitrogens with one attached hydrogen (secondary N) is 1. The Kier molecular flexibility index (Phi) is 4.79. The summed E-state index contributed by atoms with van der Waals surface area (Å²) in [5.74, 6) is 3.01. The summed E-state index contributed by atoms with van der Waals surface area (Å²) < 4.78 is 5.30. The molecule has 2 aromatic carbocycles. The third-order valence-corrected chi connectivity index (χ3v) is 4.67. The highest BCUT2D eigenvalue weighted by Gasteiger charge is 2.37. The summed E-state index contributed by atoms with van der Waals surface area (Å²) in [6.45, 7) is 4.41. The number of ether oxygens (including phenoxy) is 1. The Morgan fingerprint density at radius 2 is 1.95 bits per heavy atom. The third-order valence-electron chi connectivity index (χ3n) is 4.67. The van der Waals surface area contributed by atoms with E-state index in [1.165, 1.54) is 17.5 Å². The fourth-order valence-corrected chi connectivity index (χ4v) is 3.13. The Bertz CT molecular complexity index is 596. The second kappa shape index (κ2) is 6.97. The molecule has 0 amide bonds. The Hall–Kier alpha value is -1.80. The first-order valence-electron chi connectivity index (χ1n) is 8.17. The van der Waals surface area contributed by atoms with Crippen molar-refractivity contribution in [3.63, 3.8) is 0 Å². The zero-order chi connectivity index (χ0) is 15.4. The molecule has 0 radical (unpaired) electrons. The van der Waals surface area contributed by atoms with Crippen LogP contribution < -0.4 is 10.1 Å². The summed E-state index contributed by atoms with van der Waals surface area (Å²) in [7, 11) is 1.72. The minimum Gasteiger partial charge on any atom is -0.497 e. The summed E-state index contributed by atoms with van der Waals surface area (Å²) in [5, 5.41) is 3.64. The molecule has 22 heavy (non-hydrogen) atoms. The molecule has 0 aromatic heterocycles. The summed E-state index contributed by atoms with van der Waals surface area (Å²) in [5.41, 5.74) is 2.83. The molecular formula is C20H25NO. The van der Waals surface area contributed by atoms with E-state index in [4.69, 9.17) is 4.74 Å². The largest absolute Gasteiger partial charge is 0.497 e. The minimum absolute atomic E-state index is 0.504. The average molecular weight is 295 g/mol. The van der Waals surface area contributed by atoms with Crippen molar-refractivity contribution in [1.29, 1.82) is 0 Å². The average Bonchev–Trinajstić information content (AvgIpc) is 3.35. The molecule has 1 aliphatic carbocycles. The van der Waals surface area contributed by atoms with Crippen LogP contribution in [0.25, 0.3) is 0 Å². The molecule has 0 aliphatic heterocycles. The number of methoxy groups -OCH3 is 1. The Balaban J connectivity index is 1.44. The smallest absolute Gasteiger partial charge is 0.119 e. The molecule has 3 unspecified atom stereocenters. The van der Waals surface area contributed by atoms with Crippen LogP contribution in [0.4, 0.5) is 0 Å². The van der Waals surface area contributed by atoms with Gasteiger partial charge in [0.05, 0.1) is 7.11 Å². The Labute approximate surface area is 133 Å². The summed E-state index contributed by atoms with van der Waals surface area (Å²) >= 11 is 0. The molecule has 1 saturated carbocycles. The van der Waals surface area contributed by atoms with E-state index in [-0.39, 0.29) is 0 Å². The molecule has 1 N–H and O–H groups in total. The maximum absolute atomic E-state index is 5.30. The summed E-state index contributed by atoms with van der Waals surface area (Å²) in [4.78, 5) is 0. The van der Waals surface area contributed by atoms with Crippen molar-refractivity contribution in [3.05, 3.63) is 65.7 Å². The number of benzene rings is 2. The highest BCUT2D eigenvalue weighted by atomic mass is 16.5. The van der Waals surface area contributed by atoms with Gasteiger partial charge in [-0.3, -0.25) is 0 Å². The standard InChI is InChI=1S/C20H25NO/c1-15(17-9-6-10-19(11-17)22-2)13-21-14-18-12-20(18)16-7-4-3-5-8-16/h3-11,15,18,20-21H,12-14H2,1-2H3. The van der Waals surface area contributed by atoms with Crippen LogP contribution in [0, 0.1) is 5.92 Å². The maximum atomic E-state index is 5.30. The highest BCUT2D eigenvalue weighted by molar-refractivity contribution is 5.30. The van der Waals surface area contributed by atoms with Gasteiger partial charge in [-0.25, -0.2) is 0 Å². The van der Waals surface area contributed by atoms with Crippen LogP contribution >= 0.6 is 0 Å². The Morgan fingerprint density at radius 1 is 1.14 bits per heavy atom. The van der Waals surface area contributed by atoms with E-state index in [0.717, 1.165) is 30.7 Å². The summed E-state index contributed by atoms with van der Waals surface area (Å²) in [6.07, 6.45) is 1.32. The maximum Gasteiger partial charge on any atom is 0.119 e. The van der Waals surface area contributed by atoms with Crippen LogP contribution in [0.3, 0.4) is 0 Å². The molecule has 1 aliphatic rings. The molecule has 0 spiro atoms. The molecular weight excluding hydrogens is 270 g/mol. The van der Waals surface area contributed by atoms with Crippen LogP contribution in [0.2, 0.25) is 0 Å². The van der Waals surface area contributed by atoms with E-state index in [1.807, 2.05) is 6.07 Å². The lowest BCUT2D eigenvalue weighted by Crippen LogP contribution is -2.22. The molecule has 3 rings (SSSR count). The number of rotatable bonds is 7. The second-order valence-corrected chi connectivity index (χ2v) is 6.35. The van der Waals surface area contributed by atoms with Gasteiger partial charge < -0.3 is 10.1 Å². The van der Waals surface area contributed by atoms with Gasteiger partial charge in [-0.1, -0.05) is 49.4 Å². The van der Waals surface area contributed by atoms with Crippen LogP contribution in [-0.4, -0.2) is 20.2 Å². The van der Waals surface area contributed by atoms with Crippen molar-refractivity contribution in [2.24, 2.45) is 5.92 Å². The fourth-order valence-electron chi connectivity index (χ4n) is 3.13. The second-order valence-electron chi connectivity index (χ2n) is 6.35. The predicted molar refractivity (Wildman–Crippen MR) is 91.6 cm³/mol. The van der Waals surface area contributed by atoms with E-state index < -0.39 is 0 Å². The molecule has 116 valence electrons. The molecule has 0 heterocycles. The first-order chi connectivity index (χ1) is 10.8. The number of hydrogen-bond acceptors (Lipinski definition) is 2. The van der Waals surface area contributed by atoms with Gasteiger partial charge in [0.15, 0.2) is 0 Å². The van der Waals surface area contributed by atoms with E-state index in [9.17, 15) is 0 Å². The topological polar surface area (TPSA) is 21.3 Å². The van der Waals surface area contributed by atoms with Crippen molar-refractivity contribution >= 4 is 0 Å². The third kappa shape index (κ3) is 3.69. The molecule has 0 bridgehead atoms. The lowest BCUT2D eigenvalue weighted by atomic mass is 10.0. The first-order valence-corrected chi connectivity index (χ1v) is 8.17. The van der Waals surface area contributed by atoms with Crippen molar-refractivity contribution in [1.82, 2.24) is 5.32 Å². The van der Waals surface area contributed by atoms with Crippen LogP contribution in [0.15, 0.2) is 54.6 Å². The van der Waals surface area contributed by atoms with Crippen molar-refractivity contribution < 1.29 is 4.74 Å². The van der Waals surface area contributed by atoms with Crippen molar-refractivity contribution in [2.45, 2.75) is 25.2 Å².